The van der Waals surface area contributed by atoms with Gasteiger partial charge in [0.1, 0.15) is 5.69 Å². The van der Waals surface area contributed by atoms with Crippen LogP contribution in [0.25, 0.3) is 11.6 Å². The van der Waals surface area contributed by atoms with Crippen molar-refractivity contribution < 1.29 is 17.6 Å². The number of amides is 1. The molecule has 3 aromatic rings. The molecule has 1 aliphatic rings. The summed E-state index contributed by atoms with van der Waals surface area (Å²) in [6.07, 6.45) is 3.34. The predicted molar refractivity (Wildman–Crippen MR) is 98.9 cm³/mol. The van der Waals surface area contributed by atoms with Crippen LogP contribution in [0.5, 0.6) is 0 Å². The van der Waals surface area contributed by atoms with Crippen molar-refractivity contribution in [3.05, 3.63) is 42.1 Å². The Hall–Kier alpha value is -3.05. The van der Waals surface area contributed by atoms with Crippen molar-refractivity contribution >= 4 is 21.9 Å². The van der Waals surface area contributed by atoms with E-state index in [1.807, 2.05) is 0 Å². The molecular weight excluding hydrogens is 384 g/mol. The largest absolute Gasteiger partial charge is 0.401 e. The maximum Gasteiger partial charge on any atom is 0.322 e. The molecule has 11 heteroatoms. The maximum absolute atomic E-state index is 12.5. The van der Waals surface area contributed by atoms with E-state index < -0.39 is 15.9 Å². The van der Waals surface area contributed by atoms with Gasteiger partial charge in [-0.05, 0) is 43.2 Å². The fourth-order valence-corrected chi connectivity index (χ4v) is 4.13. The van der Waals surface area contributed by atoms with E-state index in [9.17, 15) is 13.2 Å². The van der Waals surface area contributed by atoms with E-state index in [4.69, 9.17) is 4.42 Å². The lowest BCUT2D eigenvalue weighted by molar-refractivity contribution is 0.102. The maximum atomic E-state index is 12.5. The van der Waals surface area contributed by atoms with Crippen molar-refractivity contribution in [1.29, 1.82) is 0 Å². The Balaban J connectivity index is 1.47. The van der Waals surface area contributed by atoms with Crippen LogP contribution in [0.4, 0.5) is 6.01 Å². The van der Waals surface area contributed by atoms with E-state index in [1.165, 1.54) is 28.6 Å². The number of anilines is 1. The molecule has 1 N–H and O–H groups in total. The van der Waals surface area contributed by atoms with Gasteiger partial charge in [-0.2, -0.15) is 9.40 Å². The molecule has 0 saturated heterocycles. The molecule has 10 nitrogen and oxygen atoms in total. The quantitative estimate of drug-likeness (QED) is 0.663. The highest BCUT2D eigenvalue weighted by Gasteiger charge is 2.35. The second-order valence-corrected chi connectivity index (χ2v) is 8.48. The molecule has 0 spiro atoms. The van der Waals surface area contributed by atoms with Crippen LogP contribution in [0.2, 0.25) is 0 Å². The first-order chi connectivity index (χ1) is 13.4. The number of rotatable bonds is 6. The summed E-state index contributed by atoms with van der Waals surface area (Å²) in [5, 5.41) is 14.2. The lowest BCUT2D eigenvalue weighted by atomic mass is 10.2. The zero-order chi connectivity index (χ0) is 19.9. The van der Waals surface area contributed by atoms with Crippen LogP contribution in [-0.4, -0.2) is 51.7 Å². The molecule has 1 aliphatic carbocycles. The van der Waals surface area contributed by atoms with Gasteiger partial charge in [0.15, 0.2) is 0 Å². The minimum atomic E-state index is -3.55. The minimum Gasteiger partial charge on any atom is -0.401 e. The molecule has 0 bridgehead atoms. The number of nitrogens with zero attached hydrogens (tertiary/aromatic N) is 5. The third-order valence-corrected chi connectivity index (χ3v) is 6.46. The average molecular weight is 402 g/mol. The molecule has 2 heterocycles. The van der Waals surface area contributed by atoms with Gasteiger partial charge in [0.25, 0.3) is 11.8 Å². The van der Waals surface area contributed by atoms with Gasteiger partial charge >= 0.3 is 6.01 Å². The zero-order valence-electron chi connectivity index (χ0n) is 15.2. The molecule has 146 valence electrons. The second kappa shape index (κ2) is 6.84. The molecule has 2 aromatic heterocycles. The number of sulfonamides is 1. The lowest BCUT2D eigenvalue weighted by Gasteiger charge is -2.16. The zero-order valence-corrected chi connectivity index (χ0v) is 16.0. The highest BCUT2D eigenvalue weighted by Crippen LogP contribution is 2.30. The Labute approximate surface area is 161 Å². The van der Waals surface area contributed by atoms with Crippen LogP contribution in [0.15, 0.2) is 45.8 Å². The standard InChI is InChI=1S/C17H18N6O4S/c1-22-14(9-10-18-22)16-20-21-17(27-16)19-15(24)11-3-7-13(8-4-11)28(25,26)23(2)12-5-6-12/h3-4,7-10,12H,5-6H2,1-2H3,(H,19,21,24). The number of carbonyl (C=O) groups excluding carboxylic acids is 1. The monoisotopic (exact) mass is 402 g/mol. The van der Waals surface area contributed by atoms with Gasteiger partial charge in [0.2, 0.25) is 10.0 Å². The first-order valence-corrected chi connectivity index (χ1v) is 10.0. The summed E-state index contributed by atoms with van der Waals surface area (Å²) in [6, 6.07) is 7.43. The number of benzene rings is 1. The Morgan fingerprint density at radius 3 is 2.54 bits per heavy atom. The summed E-state index contributed by atoms with van der Waals surface area (Å²) in [5.41, 5.74) is 0.885. The fraction of sp³-hybridized carbons (Fsp3) is 0.294. The number of aromatic nitrogens is 4. The smallest absolute Gasteiger partial charge is 0.322 e. The van der Waals surface area contributed by atoms with Gasteiger partial charge in [-0.25, -0.2) is 8.42 Å². The molecule has 1 saturated carbocycles. The summed E-state index contributed by atoms with van der Waals surface area (Å²) >= 11 is 0. The molecule has 1 amide bonds. The third-order valence-electron chi connectivity index (χ3n) is 4.54. The Morgan fingerprint density at radius 2 is 1.93 bits per heavy atom. The summed E-state index contributed by atoms with van der Waals surface area (Å²) in [6.45, 7) is 0. The highest BCUT2D eigenvalue weighted by atomic mass is 32.2. The Bertz CT molecular complexity index is 1110. The fourth-order valence-electron chi connectivity index (χ4n) is 2.71. The molecule has 0 aliphatic heterocycles. The molecule has 4 rings (SSSR count). The molecular formula is C17H18N6O4S. The normalized spacial score (nSPS) is 14.4. The van der Waals surface area contributed by atoms with Gasteiger partial charge in [-0.1, -0.05) is 5.10 Å². The highest BCUT2D eigenvalue weighted by molar-refractivity contribution is 7.89. The minimum absolute atomic E-state index is 0.0636. The van der Waals surface area contributed by atoms with Crippen LogP contribution in [0.1, 0.15) is 23.2 Å². The molecule has 0 unspecified atom stereocenters. The lowest BCUT2D eigenvalue weighted by Crippen LogP contribution is -2.29. The van der Waals surface area contributed by atoms with E-state index in [-0.39, 0.29) is 28.4 Å². The topological polar surface area (TPSA) is 123 Å². The van der Waals surface area contributed by atoms with E-state index in [0.717, 1.165) is 12.8 Å². The Kier molecular flexibility index (Phi) is 4.47. The number of aryl methyl sites for hydroxylation is 1. The van der Waals surface area contributed by atoms with E-state index in [2.05, 4.69) is 20.6 Å². The SMILES string of the molecule is CN(C1CC1)S(=O)(=O)c1ccc(C(=O)Nc2nnc(-c3ccnn3C)o2)cc1. The number of hydrogen-bond acceptors (Lipinski definition) is 7. The van der Waals surface area contributed by atoms with Crippen molar-refractivity contribution in [2.24, 2.45) is 7.05 Å². The summed E-state index contributed by atoms with van der Waals surface area (Å²) in [7, 11) is -0.248. The van der Waals surface area contributed by atoms with Crippen LogP contribution < -0.4 is 5.32 Å². The number of nitrogens with one attached hydrogen (secondary N) is 1. The van der Waals surface area contributed by atoms with Crippen LogP contribution >= 0.6 is 0 Å². The second-order valence-electron chi connectivity index (χ2n) is 6.48. The summed E-state index contributed by atoms with van der Waals surface area (Å²) < 4.78 is 33.4. The van der Waals surface area contributed by atoms with Gasteiger partial charge in [-0.3, -0.25) is 14.8 Å². The van der Waals surface area contributed by atoms with Crippen LogP contribution in [0, 0.1) is 0 Å². The van der Waals surface area contributed by atoms with Crippen molar-refractivity contribution in [2.75, 3.05) is 12.4 Å². The van der Waals surface area contributed by atoms with Crippen molar-refractivity contribution in [1.82, 2.24) is 24.3 Å². The molecule has 1 aromatic carbocycles. The number of carbonyl (C=O) groups is 1. The first-order valence-electron chi connectivity index (χ1n) is 8.57. The molecule has 28 heavy (non-hydrogen) atoms. The molecule has 0 atom stereocenters. The van der Waals surface area contributed by atoms with E-state index >= 15 is 0 Å². The molecule has 1 fully saturated rings. The van der Waals surface area contributed by atoms with Crippen LogP contribution in [-0.2, 0) is 17.1 Å². The summed E-state index contributed by atoms with van der Waals surface area (Å²) in [4.78, 5) is 12.5. The van der Waals surface area contributed by atoms with E-state index in [0.29, 0.717) is 5.69 Å². The van der Waals surface area contributed by atoms with Gasteiger partial charge < -0.3 is 4.42 Å². The van der Waals surface area contributed by atoms with Gasteiger partial charge in [0, 0.05) is 31.9 Å². The third kappa shape index (κ3) is 3.41. The molecule has 0 radical (unpaired) electrons. The average Bonchev–Trinajstić information content (AvgIpc) is 3.29. The van der Waals surface area contributed by atoms with Gasteiger partial charge in [-0.15, -0.1) is 5.10 Å². The van der Waals surface area contributed by atoms with Crippen LogP contribution in [0.3, 0.4) is 0 Å². The summed E-state index contributed by atoms with van der Waals surface area (Å²) in [5.74, 6) is -0.264. The first kappa shape index (κ1) is 18.3. The Morgan fingerprint density at radius 1 is 1.21 bits per heavy atom. The predicted octanol–water partition coefficient (Wildman–Crippen LogP) is 1.51. The van der Waals surface area contributed by atoms with Crippen molar-refractivity contribution in [2.45, 2.75) is 23.8 Å². The van der Waals surface area contributed by atoms with Crippen molar-refractivity contribution in [3.63, 3.8) is 0 Å². The van der Waals surface area contributed by atoms with E-state index in [1.54, 1.807) is 31.0 Å². The van der Waals surface area contributed by atoms with Gasteiger partial charge in [0.05, 0.1) is 4.90 Å². The number of hydrogen-bond donors (Lipinski definition) is 1. The van der Waals surface area contributed by atoms with Crippen molar-refractivity contribution in [3.8, 4) is 11.6 Å².